The minimum atomic E-state index is -0.225. The number of benzene rings is 2. The lowest BCUT2D eigenvalue weighted by Gasteiger charge is -2.18. The molecule has 0 radical (unpaired) electrons. The van der Waals surface area contributed by atoms with Crippen molar-refractivity contribution in [3.8, 4) is 5.75 Å². The van der Waals surface area contributed by atoms with Crippen molar-refractivity contribution in [2.45, 2.75) is 39.2 Å². The van der Waals surface area contributed by atoms with E-state index in [2.05, 4.69) is 19.2 Å². The van der Waals surface area contributed by atoms with E-state index in [9.17, 15) is 9.50 Å². The molecule has 2 atom stereocenters. The standard InChI is InChI=1S/C18H20FNO/c1-10-4-7-16(21)18-15(9-12(3)17(10)18)20-14-6-5-13(19)8-11(14)2/h4-8,12,15,20-21H,9H2,1-3H3. The van der Waals surface area contributed by atoms with E-state index >= 15 is 0 Å². The number of hydrogen-bond acceptors (Lipinski definition) is 2. The molecule has 3 rings (SSSR count). The average molecular weight is 285 g/mol. The van der Waals surface area contributed by atoms with Gasteiger partial charge in [-0.25, -0.2) is 4.39 Å². The van der Waals surface area contributed by atoms with E-state index in [-0.39, 0.29) is 11.9 Å². The zero-order valence-electron chi connectivity index (χ0n) is 12.6. The summed E-state index contributed by atoms with van der Waals surface area (Å²) in [5, 5.41) is 13.7. The number of fused-ring (bicyclic) bond motifs is 1. The van der Waals surface area contributed by atoms with Crippen molar-refractivity contribution in [2.75, 3.05) is 5.32 Å². The number of anilines is 1. The van der Waals surface area contributed by atoms with Gasteiger partial charge in [-0.2, -0.15) is 0 Å². The van der Waals surface area contributed by atoms with Crippen LogP contribution in [0, 0.1) is 19.7 Å². The van der Waals surface area contributed by atoms with Gasteiger partial charge in [0.25, 0.3) is 0 Å². The Balaban J connectivity index is 1.98. The van der Waals surface area contributed by atoms with Crippen molar-refractivity contribution in [3.05, 3.63) is 58.4 Å². The van der Waals surface area contributed by atoms with Gasteiger partial charge in [0.15, 0.2) is 0 Å². The van der Waals surface area contributed by atoms with Crippen LogP contribution in [0.4, 0.5) is 10.1 Å². The van der Waals surface area contributed by atoms with Gasteiger partial charge in [0.05, 0.1) is 6.04 Å². The van der Waals surface area contributed by atoms with Crippen molar-refractivity contribution in [1.29, 1.82) is 0 Å². The molecule has 0 saturated heterocycles. The molecule has 2 unspecified atom stereocenters. The number of phenols is 1. The molecule has 0 aliphatic heterocycles. The number of hydrogen-bond donors (Lipinski definition) is 2. The molecule has 1 aliphatic rings. The fraction of sp³-hybridized carbons (Fsp3) is 0.333. The van der Waals surface area contributed by atoms with Crippen molar-refractivity contribution in [1.82, 2.24) is 0 Å². The predicted octanol–water partition coefficient (Wildman–Crippen LogP) is 4.81. The Morgan fingerprint density at radius 3 is 2.57 bits per heavy atom. The highest BCUT2D eigenvalue weighted by atomic mass is 19.1. The quantitative estimate of drug-likeness (QED) is 0.830. The number of phenolic OH excluding ortho intramolecular Hbond substituents is 1. The minimum Gasteiger partial charge on any atom is -0.508 e. The maximum atomic E-state index is 13.2. The molecule has 0 spiro atoms. The number of aromatic hydroxyl groups is 1. The van der Waals surface area contributed by atoms with Gasteiger partial charge in [-0.15, -0.1) is 0 Å². The van der Waals surface area contributed by atoms with Crippen LogP contribution in [0.3, 0.4) is 0 Å². The lowest BCUT2D eigenvalue weighted by atomic mass is 9.97. The van der Waals surface area contributed by atoms with Gasteiger partial charge in [0, 0.05) is 11.3 Å². The third kappa shape index (κ3) is 2.37. The Labute approximate surface area is 124 Å². The number of rotatable bonds is 2. The molecule has 0 bridgehead atoms. The first-order valence-electron chi connectivity index (χ1n) is 7.32. The zero-order valence-corrected chi connectivity index (χ0v) is 12.6. The minimum absolute atomic E-state index is 0.0686. The SMILES string of the molecule is Cc1cc(F)ccc1NC1CC(C)c2c(C)ccc(O)c21. The summed E-state index contributed by atoms with van der Waals surface area (Å²) in [6.07, 6.45) is 0.935. The largest absolute Gasteiger partial charge is 0.508 e. The van der Waals surface area contributed by atoms with E-state index in [0.29, 0.717) is 11.7 Å². The van der Waals surface area contributed by atoms with E-state index < -0.39 is 0 Å². The first-order valence-corrected chi connectivity index (χ1v) is 7.32. The summed E-state index contributed by atoms with van der Waals surface area (Å²) in [4.78, 5) is 0. The third-order valence-electron chi connectivity index (χ3n) is 4.43. The van der Waals surface area contributed by atoms with Crippen LogP contribution in [-0.4, -0.2) is 5.11 Å². The second kappa shape index (κ2) is 5.06. The molecular formula is C18H20FNO. The lowest BCUT2D eigenvalue weighted by molar-refractivity contribution is 0.465. The molecule has 0 amide bonds. The predicted molar refractivity (Wildman–Crippen MR) is 83.4 cm³/mol. The Morgan fingerprint density at radius 2 is 1.86 bits per heavy atom. The highest BCUT2D eigenvalue weighted by Gasteiger charge is 2.32. The summed E-state index contributed by atoms with van der Waals surface area (Å²) in [6, 6.07) is 8.55. The third-order valence-corrected chi connectivity index (χ3v) is 4.43. The van der Waals surface area contributed by atoms with Crippen LogP contribution in [0.1, 0.15) is 47.6 Å². The highest BCUT2D eigenvalue weighted by Crippen LogP contribution is 2.47. The smallest absolute Gasteiger partial charge is 0.123 e. The van der Waals surface area contributed by atoms with Crippen molar-refractivity contribution >= 4 is 5.69 Å². The second-order valence-corrected chi connectivity index (χ2v) is 6.02. The van der Waals surface area contributed by atoms with Crippen LogP contribution in [0.2, 0.25) is 0 Å². The molecule has 1 aliphatic carbocycles. The molecule has 0 fully saturated rings. The van der Waals surface area contributed by atoms with Crippen molar-refractivity contribution < 1.29 is 9.50 Å². The molecule has 0 aromatic heterocycles. The Bertz CT molecular complexity index is 696. The van der Waals surface area contributed by atoms with Crippen LogP contribution < -0.4 is 5.32 Å². The van der Waals surface area contributed by atoms with E-state index in [1.54, 1.807) is 12.1 Å². The molecule has 2 aromatic rings. The van der Waals surface area contributed by atoms with Crippen molar-refractivity contribution in [2.24, 2.45) is 0 Å². The first-order chi connectivity index (χ1) is 9.97. The topological polar surface area (TPSA) is 32.3 Å². The molecule has 3 heteroatoms. The number of aryl methyl sites for hydroxylation is 2. The molecular weight excluding hydrogens is 265 g/mol. The van der Waals surface area contributed by atoms with E-state index in [1.807, 2.05) is 13.0 Å². The molecule has 110 valence electrons. The van der Waals surface area contributed by atoms with Gasteiger partial charge in [-0.3, -0.25) is 0 Å². The number of halogens is 1. The highest BCUT2D eigenvalue weighted by molar-refractivity contribution is 5.58. The monoisotopic (exact) mass is 285 g/mol. The maximum Gasteiger partial charge on any atom is 0.123 e. The molecule has 2 nitrogen and oxygen atoms in total. The second-order valence-electron chi connectivity index (χ2n) is 6.02. The van der Waals surface area contributed by atoms with Gasteiger partial charge in [0.1, 0.15) is 11.6 Å². The molecule has 2 N–H and O–H groups in total. The Hall–Kier alpha value is -2.03. The van der Waals surface area contributed by atoms with E-state index in [1.165, 1.54) is 23.3 Å². The maximum absolute atomic E-state index is 13.2. The summed E-state index contributed by atoms with van der Waals surface area (Å²) < 4.78 is 13.2. The molecule has 0 heterocycles. The van der Waals surface area contributed by atoms with Gasteiger partial charge in [-0.1, -0.05) is 13.0 Å². The molecule has 0 saturated carbocycles. The van der Waals surface area contributed by atoms with Gasteiger partial charge < -0.3 is 10.4 Å². The van der Waals surface area contributed by atoms with Crippen LogP contribution in [0.15, 0.2) is 30.3 Å². The summed E-state index contributed by atoms with van der Waals surface area (Å²) >= 11 is 0. The lowest BCUT2D eigenvalue weighted by Crippen LogP contribution is -2.09. The van der Waals surface area contributed by atoms with E-state index in [4.69, 9.17) is 0 Å². The first kappa shape index (κ1) is 13.9. The van der Waals surface area contributed by atoms with Crippen LogP contribution >= 0.6 is 0 Å². The summed E-state index contributed by atoms with van der Waals surface area (Å²) in [5.74, 6) is 0.527. The molecule has 2 aromatic carbocycles. The molecule has 21 heavy (non-hydrogen) atoms. The summed E-state index contributed by atoms with van der Waals surface area (Å²) in [7, 11) is 0. The van der Waals surface area contributed by atoms with Crippen LogP contribution in [0.25, 0.3) is 0 Å². The van der Waals surface area contributed by atoms with Crippen molar-refractivity contribution in [3.63, 3.8) is 0 Å². The Kier molecular flexibility index (Phi) is 3.36. The zero-order chi connectivity index (χ0) is 15.1. The van der Waals surface area contributed by atoms with Crippen LogP contribution in [0.5, 0.6) is 5.75 Å². The fourth-order valence-corrected chi connectivity index (χ4v) is 3.45. The number of nitrogens with one attached hydrogen (secondary N) is 1. The summed E-state index contributed by atoms with van der Waals surface area (Å²) in [6.45, 7) is 6.16. The normalized spacial score (nSPS) is 20.4. The van der Waals surface area contributed by atoms with Gasteiger partial charge in [-0.05, 0) is 67.1 Å². The average Bonchev–Trinajstić information content (AvgIpc) is 2.75. The fourth-order valence-electron chi connectivity index (χ4n) is 3.45. The van der Waals surface area contributed by atoms with Crippen LogP contribution in [-0.2, 0) is 0 Å². The van der Waals surface area contributed by atoms with Gasteiger partial charge in [0.2, 0.25) is 0 Å². The summed E-state index contributed by atoms with van der Waals surface area (Å²) in [5.41, 5.74) is 5.25. The van der Waals surface area contributed by atoms with E-state index in [0.717, 1.165) is 23.2 Å². The Morgan fingerprint density at radius 1 is 1.10 bits per heavy atom. The van der Waals surface area contributed by atoms with Gasteiger partial charge >= 0.3 is 0 Å².